The van der Waals surface area contributed by atoms with E-state index in [9.17, 15) is 28.8 Å². The molecule has 0 saturated carbocycles. The van der Waals surface area contributed by atoms with Gasteiger partial charge in [0.2, 0.25) is 23.6 Å². The van der Waals surface area contributed by atoms with E-state index in [1.54, 1.807) is 34.6 Å². The number of ether oxygens (including phenoxy) is 2. The van der Waals surface area contributed by atoms with Crippen molar-refractivity contribution in [3.63, 3.8) is 0 Å². The summed E-state index contributed by atoms with van der Waals surface area (Å²) in [4.78, 5) is 79.2. The number of nitrogens with two attached hydrogens (primary N) is 1. The van der Waals surface area contributed by atoms with Crippen LogP contribution in [-0.2, 0) is 46.3 Å². The Hall–Kier alpha value is -4.98. The number of benzene rings is 2. The molecule has 5 atom stereocenters. The van der Waals surface area contributed by atoms with Crippen molar-refractivity contribution < 1.29 is 38.2 Å². The SMILES string of the molecule is COC(=O)[C@H](Cc1ccccc1)NC(=O)[C@H](Cc1ccccc1)NC(=O)[C@@H](NC(=O)[C@H](CC(C)C)NC(=O)[C@@H](N)CCCCNC(=O)OC(C)(C)C)C(C)C. The molecule has 0 radical (unpaired) electrons. The number of carbonyl (C=O) groups excluding carboxylic acids is 6. The van der Waals surface area contributed by atoms with Gasteiger partial charge in [-0.1, -0.05) is 88.4 Å². The van der Waals surface area contributed by atoms with Crippen LogP contribution in [-0.4, -0.2) is 85.2 Å². The van der Waals surface area contributed by atoms with E-state index in [0.29, 0.717) is 25.8 Å². The second-order valence-electron chi connectivity index (χ2n) is 15.5. The van der Waals surface area contributed by atoms with Crippen LogP contribution >= 0.6 is 0 Å². The lowest BCUT2D eigenvalue weighted by molar-refractivity contribution is -0.145. The first-order valence-electron chi connectivity index (χ1n) is 19.0. The minimum atomic E-state index is -1.11. The Morgan fingerprint density at radius 1 is 0.673 bits per heavy atom. The molecule has 0 aliphatic carbocycles. The number of esters is 1. The molecule has 0 heterocycles. The van der Waals surface area contributed by atoms with Crippen molar-refractivity contribution >= 4 is 35.7 Å². The van der Waals surface area contributed by atoms with Crippen molar-refractivity contribution in [2.24, 2.45) is 17.6 Å². The number of carbonyl (C=O) groups is 6. The highest BCUT2D eigenvalue weighted by atomic mass is 16.6. The van der Waals surface area contributed by atoms with Crippen molar-refractivity contribution in [2.75, 3.05) is 13.7 Å². The van der Waals surface area contributed by atoms with Crippen LogP contribution in [0.1, 0.15) is 85.3 Å². The van der Waals surface area contributed by atoms with Gasteiger partial charge in [0.05, 0.1) is 13.2 Å². The lowest BCUT2D eigenvalue weighted by Crippen LogP contribution is -2.60. The summed E-state index contributed by atoms with van der Waals surface area (Å²) in [5, 5.41) is 13.8. The zero-order chi connectivity index (χ0) is 41.1. The molecule has 2 aromatic carbocycles. The van der Waals surface area contributed by atoms with Gasteiger partial charge in [0.15, 0.2) is 0 Å². The Labute approximate surface area is 325 Å². The van der Waals surface area contributed by atoms with Crippen molar-refractivity contribution in [3.8, 4) is 0 Å². The van der Waals surface area contributed by atoms with Crippen LogP contribution in [0.3, 0.4) is 0 Å². The molecule has 0 bridgehead atoms. The van der Waals surface area contributed by atoms with Gasteiger partial charge in [-0.05, 0) is 69.4 Å². The largest absolute Gasteiger partial charge is 0.467 e. The van der Waals surface area contributed by atoms with E-state index < -0.39 is 77.4 Å². The summed E-state index contributed by atoms with van der Waals surface area (Å²) in [5.41, 5.74) is 7.15. The van der Waals surface area contributed by atoms with E-state index >= 15 is 0 Å². The monoisotopic (exact) mass is 766 g/mol. The van der Waals surface area contributed by atoms with Crippen molar-refractivity contribution in [1.82, 2.24) is 26.6 Å². The van der Waals surface area contributed by atoms with Gasteiger partial charge < -0.3 is 41.8 Å². The number of hydrogen-bond donors (Lipinski definition) is 6. The zero-order valence-corrected chi connectivity index (χ0v) is 33.6. The number of nitrogens with one attached hydrogen (secondary N) is 5. The molecule has 304 valence electrons. The molecular formula is C41H62N6O8. The van der Waals surface area contributed by atoms with E-state index in [2.05, 4.69) is 26.6 Å². The molecule has 0 spiro atoms. The molecule has 0 fully saturated rings. The molecule has 14 nitrogen and oxygen atoms in total. The van der Waals surface area contributed by atoms with Gasteiger partial charge >= 0.3 is 12.1 Å². The average Bonchev–Trinajstić information content (AvgIpc) is 3.11. The summed E-state index contributed by atoms with van der Waals surface area (Å²) in [6.07, 6.45) is 1.48. The fourth-order valence-corrected chi connectivity index (χ4v) is 5.67. The van der Waals surface area contributed by atoms with Crippen LogP contribution in [0.2, 0.25) is 0 Å². The van der Waals surface area contributed by atoms with Gasteiger partial charge in [0.1, 0.15) is 29.8 Å². The molecule has 0 aliphatic rings. The molecule has 2 aromatic rings. The minimum absolute atomic E-state index is 0.00937. The molecule has 2 rings (SSSR count). The van der Waals surface area contributed by atoms with E-state index in [4.69, 9.17) is 15.2 Å². The third kappa shape index (κ3) is 17.8. The van der Waals surface area contributed by atoms with Gasteiger partial charge in [-0.3, -0.25) is 19.2 Å². The van der Waals surface area contributed by atoms with Crippen LogP contribution in [0.4, 0.5) is 4.79 Å². The second kappa shape index (κ2) is 23.1. The quantitative estimate of drug-likeness (QED) is 0.0813. The van der Waals surface area contributed by atoms with Gasteiger partial charge in [-0.25, -0.2) is 9.59 Å². The van der Waals surface area contributed by atoms with Crippen LogP contribution in [0.15, 0.2) is 60.7 Å². The molecule has 7 N–H and O–H groups in total. The number of unbranched alkanes of at least 4 members (excludes halogenated alkanes) is 1. The third-order valence-electron chi connectivity index (χ3n) is 8.53. The smallest absolute Gasteiger partial charge is 0.407 e. The van der Waals surface area contributed by atoms with Crippen molar-refractivity contribution in [3.05, 3.63) is 71.8 Å². The maximum absolute atomic E-state index is 13.9. The van der Waals surface area contributed by atoms with E-state index in [0.717, 1.165) is 11.1 Å². The predicted octanol–water partition coefficient (Wildman–Crippen LogP) is 3.31. The number of rotatable bonds is 21. The minimum Gasteiger partial charge on any atom is -0.467 e. The molecular weight excluding hydrogens is 704 g/mol. The Morgan fingerprint density at radius 2 is 1.18 bits per heavy atom. The topological polar surface area (TPSA) is 207 Å². The highest BCUT2D eigenvalue weighted by Crippen LogP contribution is 2.12. The molecule has 0 saturated heterocycles. The molecule has 5 amide bonds. The Morgan fingerprint density at radius 3 is 1.69 bits per heavy atom. The predicted molar refractivity (Wildman–Crippen MR) is 210 cm³/mol. The summed E-state index contributed by atoms with van der Waals surface area (Å²) < 4.78 is 10.2. The van der Waals surface area contributed by atoms with E-state index in [-0.39, 0.29) is 25.2 Å². The fraction of sp³-hybridized carbons (Fsp3) is 0.561. The maximum atomic E-state index is 13.9. The van der Waals surface area contributed by atoms with E-state index in [1.165, 1.54) is 7.11 Å². The van der Waals surface area contributed by atoms with Crippen LogP contribution in [0.25, 0.3) is 0 Å². The summed E-state index contributed by atoms with van der Waals surface area (Å²) in [6.45, 7) is 13.0. The average molecular weight is 767 g/mol. The normalized spacial score (nSPS) is 14.1. The molecule has 55 heavy (non-hydrogen) atoms. The second-order valence-corrected chi connectivity index (χ2v) is 15.5. The molecule has 14 heteroatoms. The number of methoxy groups -OCH3 is 1. The highest BCUT2D eigenvalue weighted by Gasteiger charge is 2.34. The Bertz CT molecular complexity index is 1530. The molecule has 0 unspecified atom stereocenters. The van der Waals surface area contributed by atoms with Crippen molar-refractivity contribution in [2.45, 2.75) is 123 Å². The number of alkyl carbamates (subject to hydrolysis) is 1. The summed E-state index contributed by atoms with van der Waals surface area (Å²) >= 11 is 0. The highest BCUT2D eigenvalue weighted by molar-refractivity contribution is 5.95. The number of hydrogen-bond acceptors (Lipinski definition) is 9. The lowest BCUT2D eigenvalue weighted by atomic mass is 9.98. The Kier molecular flexibility index (Phi) is 19.4. The van der Waals surface area contributed by atoms with E-state index in [1.807, 2.05) is 74.5 Å². The van der Waals surface area contributed by atoms with Crippen molar-refractivity contribution in [1.29, 1.82) is 0 Å². The van der Waals surface area contributed by atoms with Gasteiger partial charge in [0, 0.05) is 19.4 Å². The van der Waals surface area contributed by atoms with Gasteiger partial charge in [-0.2, -0.15) is 0 Å². The molecule has 0 aromatic heterocycles. The first kappa shape index (κ1) is 46.2. The van der Waals surface area contributed by atoms with Crippen LogP contribution in [0.5, 0.6) is 0 Å². The molecule has 0 aliphatic heterocycles. The zero-order valence-electron chi connectivity index (χ0n) is 33.6. The van der Waals surface area contributed by atoms with Crippen LogP contribution in [0, 0.1) is 11.8 Å². The summed E-state index contributed by atoms with van der Waals surface area (Å²) in [5.74, 6) is -3.32. The first-order valence-corrected chi connectivity index (χ1v) is 19.0. The lowest BCUT2D eigenvalue weighted by Gasteiger charge is -2.29. The third-order valence-corrected chi connectivity index (χ3v) is 8.53. The standard InChI is InChI=1S/C41H62N6O8/c1-26(2)23-31(44-35(48)30(42)21-15-16-22-43-40(53)55-41(5,6)7)37(50)47-34(27(3)4)38(51)45-32(24-28-17-11-9-12-18-28)36(49)46-33(39(52)54-8)25-29-19-13-10-14-20-29/h9-14,17-20,26-27,30-34H,15-16,21-25,42H2,1-8H3,(H,43,53)(H,44,48)(H,45,51)(H,46,49)(H,47,50)/t30-,31-,32-,33-,34-/m0/s1. The van der Waals surface area contributed by atoms with Gasteiger partial charge in [0.25, 0.3) is 0 Å². The summed E-state index contributed by atoms with van der Waals surface area (Å²) in [6, 6.07) is 13.2. The number of amides is 5. The van der Waals surface area contributed by atoms with Gasteiger partial charge in [-0.15, -0.1) is 0 Å². The first-order chi connectivity index (χ1) is 25.9. The van der Waals surface area contributed by atoms with Crippen LogP contribution < -0.4 is 32.3 Å². The fourth-order valence-electron chi connectivity index (χ4n) is 5.67. The Balaban J connectivity index is 2.14. The summed E-state index contributed by atoms with van der Waals surface area (Å²) in [7, 11) is 1.24. The maximum Gasteiger partial charge on any atom is 0.407 e.